The van der Waals surface area contributed by atoms with Gasteiger partial charge in [0.1, 0.15) is 12.4 Å². The molecule has 2 nitrogen and oxygen atoms in total. The minimum atomic E-state index is 0.664. The molecule has 19 heavy (non-hydrogen) atoms. The lowest BCUT2D eigenvalue weighted by Crippen LogP contribution is -2.12. The van der Waals surface area contributed by atoms with Crippen molar-refractivity contribution in [2.45, 2.75) is 20.8 Å². The van der Waals surface area contributed by atoms with Gasteiger partial charge in [0.15, 0.2) is 0 Å². The fourth-order valence-corrected chi connectivity index (χ4v) is 1.99. The molecule has 0 fully saturated rings. The van der Waals surface area contributed by atoms with Gasteiger partial charge in [-0.25, -0.2) is 0 Å². The molecule has 0 heterocycles. The Morgan fingerprint density at radius 2 is 1.74 bits per heavy atom. The molecule has 0 saturated carbocycles. The largest absolute Gasteiger partial charge is 0.492 e. The van der Waals surface area contributed by atoms with E-state index in [1.54, 1.807) is 0 Å². The Morgan fingerprint density at radius 1 is 0.947 bits per heavy atom. The van der Waals surface area contributed by atoms with Crippen molar-refractivity contribution in [2.24, 2.45) is 0 Å². The lowest BCUT2D eigenvalue weighted by Gasteiger charge is -2.11. The van der Waals surface area contributed by atoms with Gasteiger partial charge in [0.05, 0.1) is 0 Å². The van der Waals surface area contributed by atoms with Gasteiger partial charge in [-0.15, -0.1) is 0 Å². The number of hydrogen-bond donors (Lipinski definition) is 1. The summed E-state index contributed by atoms with van der Waals surface area (Å²) in [7, 11) is 0. The fourth-order valence-electron chi connectivity index (χ4n) is 1.99. The molecule has 2 heteroatoms. The van der Waals surface area contributed by atoms with Crippen molar-refractivity contribution in [1.29, 1.82) is 0 Å². The maximum absolute atomic E-state index is 5.72. The molecule has 0 amide bonds. The highest BCUT2D eigenvalue weighted by Gasteiger charge is 1.98. The zero-order chi connectivity index (χ0) is 13.7. The molecule has 0 saturated heterocycles. The van der Waals surface area contributed by atoms with Gasteiger partial charge in [-0.3, -0.25) is 0 Å². The van der Waals surface area contributed by atoms with E-state index in [9.17, 15) is 0 Å². The van der Waals surface area contributed by atoms with Gasteiger partial charge < -0.3 is 10.1 Å². The molecule has 1 N–H and O–H groups in total. The first-order valence-corrected chi connectivity index (χ1v) is 6.66. The minimum absolute atomic E-state index is 0.664. The van der Waals surface area contributed by atoms with Gasteiger partial charge in [-0.05, 0) is 55.7 Å². The van der Waals surface area contributed by atoms with Gasteiger partial charge in [0.2, 0.25) is 0 Å². The van der Waals surface area contributed by atoms with Gasteiger partial charge in [0.25, 0.3) is 0 Å². The van der Waals surface area contributed by atoms with Crippen LogP contribution in [0.5, 0.6) is 5.75 Å². The van der Waals surface area contributed by atoms with E-state index in [0.717, 1.165) is 12.3 Å². The Bertz CT molecular complexity index is 549. The highest BCUT2D eigenvalue weighted by Crippen LogP contribution is 2.16. The second-order valence-electron chi connectivity index (χ2n) is 4.91. The van der Waals surface area contributed by atoms with Crippen molar-refractivity contribution in [3.8, 4) is 5.75 Å². The summed E-state index contributed by atoms with van der Waals surface area (Å²) < 4.78 is 5.72. The van der Waals surface area contributed by atoms with Crippen LogP contribution in [0.15, 0.2) is 42.5 Å². The Morgan fingerprint density at radius 3 is 2.53 bits per heavy atom. The summed E-state index contributed by atoms with van der Waals surface area (Å²) in [5.74, 6) is 0.933. The van der Waals surface area contributed by atoms with E-state index in [1.807, 2.05) is 12.1 Å². The van der Waals surface area contributed by atoms with Gasteiger partial charge in [-0.1, -0.05) is 24.3 Å². The molecule has 2 aromatic carbocycles. The molecule has 0 spiro atoms. The lowest BCUT2D eigenvalue weighted by molar-refractivity contribution is 0.332. The SMILES string of the molecule is Cc1cccc(OCCNc2cc(C)ccc2C)c1. The summed E-state index contributed by atoms with van der Waals surface area (Å²) in [6.45, 7) is 7.76. The van der Waals surface area contributed by atoms with Gasteiger partial charge in [0, 0.05) is 12.2 Å². The van der Waals surface area contributed by atoms with Gasteiger partial charge >= 0.3 is 0 Å². The first-order chi connectivity index (χ1) is 9.15. The number of aryl methyl sites for hydroxylation is 3. The Balaban J connectivity index is 1.82. The van der Waals surface area contributed by atoms with Crippen LogP contribution in [-0.2, 0) is 0 Å². The summed E-state index contributed by atoms with van der Waals surface area (Å²) in [6, 6.07) is 14.6. The maximum atomic E-state index is 5.72. The van der Waals surface area contributed by atoms with Crippen molar-refractivity contribution in [1.82, 2.24) is 0 Å². The Hall–Kier alpha value is -1.96. The summed E-state index contributed by atoms with van der Waals surface area (Å²) in [6.07, 6.45) is 0. The summed E-state index contributed by atoms with van der Waals surface area (Å²) >= 11 is 0. The third kappa shape index (κ3) is 4.02. The number of rotatable bonds is 5. The van der Waals surface area contributed by atoms with Crippen LogP contribution in [0, 0.1) is 20.8 Å². The van der Waals surface area contributed by atoms with Crippen molar-refractivity contribution >= 4 is 5.69 Å². The first kappa shape index (κ1) is 13.5. The number of ether oxygens (including phenoxy) is 1. The molecule has 2 rings (SSSR count). The number of anilines is 1. The van der Waals surface area contributed by atoms with Crippen LogP contribution in [0.2, 0.25) is 0 Å². The second kappa shape index (κ2) is 6.28. The van der Waals surface area contributed by atoms with E-state index < -0.39 is 0 Å². The molecule has 100 valence electrons. The van der Waals surface area contributed by atoms with Crippen LogP contribution in [0.4, 0.5) is 5.69 Å². The van der Waals surface area contributed by atoms with E-state index in [4.69, 9.17) is 4.74 Å². The molecule has 0 unspecified atom stereocenters. The fraction of sp³-hybridized carbons (Fsp3) is 0.294. The zero-order valence-electron chi connectivity index (χ0n) is 11.9. The highest BCUT2D eigenvalue weighted by molar-refractivity contribution is 5.52. The van der Waals surface area contributed by atoms with E-state index in [-0.39, 0.29) is 0 Å². The van der Waals surface area contributed by atoms with Crippen molar-refractivity contribution in [2.75, 3.05) is 18.5 Å². The number of nitrogens with one attached hydrogen (secondary N) is 1. The minimum Gasteiger partial charge on any atom is -0.492 e. The quantitative estimate of drug-likeness (QED) is 0.812. The molecular formula is C17H21NO. The van der Waals surface area contributed by atoms with Crippen LogP contribution in [0.3, 0.4) is 0 Å². The van der Waals surface area contributed by atoms with E-state index >= 15 is 0 Å². The average Bonchev–Trinajstić information content (AvgIpc) is 2.39. The molecule has 2 aromatic rings. The van der Waals surface area contributed by atoms with Crippen molar-refractivity contribution in [3.05, 3.63) is 59.2 Å². The molecular weight excluding hydrogens is 234 g/mol. The topological polar surface area (TPSA) is 21.3 Å². The monoisotopic (exact) mass is 255 g/mol. The normalized spacial score (nSPS) is 10.3. The molecule has 0 radical (unpaired) electrons. The third-order valence-corrected chi connectivity index (χ3v) is 3.07. The smallest absolute Gasteiger partial charge is 0.119 e. The molecule has 0 aliphatic heterocycles. The van der Waals surface area contributed by atoms with Crippen LogP contribution < -0.4 is 10.1 Å². The van der Waals surface area contributed by atoms with Crippen LogP contribution in [-0.4, -0.2) is 13.2 Å². The van der Waals surface area contributed by atoms with E-state index in [0.29, 0.717) is 6.61 Å². The summed E-state index contributed by atoms with van der Waals surface area (Å²) in [5, 5.41) is 3.41. The molecule has 0 aliphatic rings. The number of benzene rings is 2. The van der Waals surface area contributed by atoms with Crippen LogP contribution in [0.25, 0.3) is 0 Å². The predicted molar refractivity (Wildman–Crippen MR) is 81.1 cm³/mol. The maximum Gasteiger partial charge on any atom is 0.119 e. The van der Waals surface area contributed by atoms with Gasteiger partial charge in [-0.2, -0.15) is 0 Å². The Kier molecular flexibility index (Phi) is 4.45. The first-order valence-electron chi connectivity index (χ1n) is 6.66. The predicted octanol–water partition coefficient (Wildman–Crippen LogP) is 4.10. The third-order valence-electron chi connectivity index (χ3n) is 3.07. The lowest BCUT2D eigenvalue weighted by atomic mass is 10.1. The summed E-state index contributed by atoms with van der Waals surface area (Å²) in [5.41, 5.74) is 4.95. The molecule has 0 bridgehead atoms. The van der Waals surface area contributed by atoms with Crippen molar-refractivity contribution < 1.29 is 4.74 Å². The molecule has 0 atom stereocenters. The number of hydrogen-bond acceptors (Lipinski definition) is 2. The molecule has 0 aliphatic carbocycles. The standard InChI is InChI=1S/C17H21NO/c1-13-5-4-6-16(11-13)19-10-9-18-17-12-14(2)7-8-15(17)3/h4-8,11-12,18H,9-10H2,1-3H3. The van der Waals surface area contributed by atoms with Crippen molar-refractivity contribution in [3.63, 3.8) is 0 Å². The zero-order valence-corrected chi connectivity index (χ0v) is 11.9. The van der Waals surface area contributed by atoms with Crippen LogP contribution >= 0.6 is 0 Å². The molecule has 0 aromatic heterocycles. The summed E-state index contributed by atoms with van der Waals surface area (Å²) in [4.78, 5) is 0. The average molecular weight is 255 g/mol. The van der Waals surface area contributed by atoms with E-state index in [2.05, 4.69) is 56.4 Å². The Labute approximate surface area is 115 Å². The highest BCUT2D eigenvalue weighted by atomic mass is 16.5. The van der Waals surface area contributed by atoms with Crippen LogP contribution in [0.1, 0.15) is 16.7 Å². The van der Waals surface area contributed by atoms with E-state index in [1.165, 1.54) is 22.4 Å². The second-order valence-corrected chi connectivity index (χ2v) is 4.91.